The van der Waals surface area contributed by atoms with Gasteiger partial charge in [-0.15, -0.1) is 0 Å². The molecular weight excluding hydrogens is 228 g/mol. The van der Waals surface area contributed by atoms with Crippen molar-refractivity contribution in [3.05, 3.63) is 33.9 Å². The minimum absolute atomic E-state index is 0.131. The first kappa shape index (κ1) is 12.6. The third kappa shape index (κ3) is 1.98. The Balaban J connectivity index is 2.45. The van der Waals surface area contributed by atoms with E-state index in [4.69, 9.17) is 0 Å². The minimum atomic E-state index is -0.552. The van der Waals surface area contributed by atoms with Gasteiger partial charge in [-0.1, -0.05) is 6.07 Å². The summed E-state index contributed by atoms with van der Waals surface area (Å²) in [4.78, 5) is 22.6. The quantitative estimate of drug-likeness (QED) is 0.732. The first-order valence-electron chi connectivity index (χ1n) is 6.07. The molecule has 1 aliphatic rings. The lowest BCUT2D eigenvalue weighted by atomic mass is 9.89. The molecule has 0 spiro atoms. The average Bonchev–Trinajstić information content (AvgIpc) is 2.31. The van der Waals surface area contributed by atoms with Gasteiger partial charge in [0.1, 0.15) is 0 Å². The third-order valence-electron chi connectivity index (χ3n) is 3.75. The van der Waals surface area contributed by atoms with Crippen LogP contribution in [0, 0.1) is 27.7 Å². The molecule has 1 aromatic rings. The SMILES string of the molecule is Cc1cc(C)c(C)c(C2CNC(=O)C(=O)N2)c1C. The molecule has 1 saturated heterocycles. The molecule has 0 bridgehead atoms. The van der Waals surface area contributed by atoms with Crippen molar-refractivity contribution in [1.29, 1.82) is 0 Å². The number of piperazine rings is 1. The summed E-state index contributed by atoms with van der Waals surface area (Å²) in [5.41, 5.74) is 5.90. The van der Waals surface area contributed by atoms with Crippen LogP contribution >= 0.6 is 0 Å². The van der Waals surface area contributed by atoms with Gasteiger partial charge in [0.25, 0.3) is 0 Å². The lowest BCUT2D eigenvalue weighted by molar-refractivity contribution is -0.141. The molecule has 2 amide bonds. The van der Waals surface area contributed by atoms with Crippen LogP contribution < -0.4 is 10.6 Å². The zero-order valence-electron chi connectivity index (χ0n) is 11.2. The Hall–Kier alpha value is -1.84. The fraction of sp³-hybridized carbons (Fsp3) is 0.429. The Kier molecular flexibility index (Phi) is 3.11. The van der Waals surface area contributed by atoms with Crippen molar-refractivity contribution in [2.24, 2.45) is 0 Å². The van der Waals surface area contributed by atoms with Gasteiger partial charge in [0.05, 0.1) is 6.04 Å². The fourth-order valence-electron chi connectivity index (χ4n) is 2.49. The van der Waals surface area contributed by atoms with Crippen molar-refractivity contribution in [3.8, 4) is 0 Å². The van der Waals surface area contributed by atoms with Gasteiger partial charge >= 0.3 is 11.8 Å². The Labute approximate surface area is 107 Å². The number of aryl methyl sites for hydroxylation is 2. The first-order chi connectivity index (χ1) is 8.41. The first-order valence-corrected chi connectivity index (χ1v) is 6.07. The molecule has 1 atom stereocenters. The number of nitrogens with one attached hydrogen (secondary N) is 2. The van der Waals surface area contributed by atoms with Gasteiger partial charge in [-0.05, 0) is 55.5 Å². The molecule has 1 unspecified atom stereocenters. The van der Waals surface area contributed by atoms with Crippen LogP contribution in [-0.4, -0.2) is 18.4 Å². The summed E-state index contributed by atoms with van der Waals surface area (Å²) in [6, 6.07) is 2.02. The molecule has 1 fully saturated rings. The van der Waals surface area contributed by atoms with Gasteiger partial charge < -0.3 is 10.6 Å². The summed E-state index contributed by atoms with van der Waals surface area (Å²) in [5.74, 6) is -1.10. The predicted molar refractivity (Wildman–Crippen MR) is 69.3 cm³/mol. The van der Waals surface area contributed by atoms with Crippen molar-refractivity contribution in [1.82, 2.24) is 10.6 Å². The highest BCUT2D eigenvalue weighted by atomic mass is 16.2. The zero-order valence-corrected chi connectivity index (χ0v) is 11.2. The molecule has 0 aromatic heterocycles. The fourth-order valence-corrected chi connectivity index (χ4v) is 2.49. The van der Waals surface area contributed by atoms with Gasteiger partial charge in [-0.3, -0.25) is 9.59 Å². The molecule has 0 saturated carbocycles. The molecule has 1 heterocycles. The van der Waals surface area contributed by atoms with E-state index in [1.807, 2.05) is 0 Å². The molecule has 18 heavy (non-hydrogen) atoms. The lowest BCUT2D eigenvalue weighted by Crippen LogP contribution is -2.51. The van der Waals surface area contributed by atoms with E-state index in [1.165, 1.54) is 22.3 Å². The molecule has 96 valence electrons. The molecular formula is C14H18N2O2. The maximum atomic E-state index is 11.4. The summed E-state index contributed by atoms with van der Waals surface area (Å²) in [6.45, 7) is 8.69. The molecule has 2 rings (SSSR count). The number of benzene rings is 1. The Bertz CT molecular complexity index is 509. The van der Waals surface area contributed by atoms with Crippen LogP contribution in [0.5, 0.6) is 0 Å². The van der Waals surface area contributed by atoms with Crippen molar-refractivity contribution < 1.29 is 9.59 Å². The molecule has 0 radical (unpaired) electrons. The van der Waals surface area contributed by atoms with Crippen molar-refractivity contribution in [2.75, 3.05) is 6.54 Å². The Morgan fingerprint density at radius 3 is 2.06 bits per heavy atom. The van der Waals surface area contributed by atoms with Crippen LogP contribution in [0.4, 0.5) is 0 Å². The van der Waals surface area contributed by atoms with Gasteiger partial charge in [-0.25, -0.2) is 0 Å². The second kappa shape index (κ2) is 4.44. The van der Waals surface area contributed by atoms with E-state index >= 15 is 0 Å². The number of carbonyl (C=O) groups is 2. The molecule has 4 heteroatoms. The van der Waals surface area contributed by atoms with E-state index in [0.29, 0.717) is 6.54 Å². The number of amides is 2. The van der Waals surface area contributed by atoms with E-state index in [1.54, 1.807) is 0 Å². The monoisotopic (exact) mass is 246 g/mol. The lowest BCUT2D eigenvalue weighted by Gasteiger charge is -2.28. The van der Waals surface area contributed by atoms with Gasteiger partial charge in [0.2, 0.25) is 0 Å². The highest BCUT2D eigenvalue weighted by molar-refractivity contribution is 6.35. The summed E-state index contributed by atoms with van der Waals surface area (Å²) in [7, 11) is 0. The van der Waals surface area contributed by atoms with Crippen LogP contribution in [0.2, 0.25) is 0 Å². The van der Waals surface area contributed by atoms with Crippen molar-refractivity contribution in [3.63, 3.8) is 0 Å². The van der Waals surface area contributed by atoms with E-state index in [2.05, 4.69) is 44.4 Å². The van der Waals surface area contributed by atoms with Gasteiger partial charge in [0.15, 0.2) is 0 Å². The number of hydrogen-bond donors (Lipinski definition) is 2. The van der Waals surface area contributed by atoms with E-state index < -0.39 is 11.8 Å². The van der Waals surface area contributed by atoms with Gasteiger partial charge in [-0.2, -0.15) is 0 Å². The van der Waals surface area contributed by atoms with E-state index in [9.17, 15) is 9.59 Å². The van der Waals surface area contributed by atoms with Crippen LogP contribution in [-0.2, 0) is 9.59 Å². The summed E-state index contributed by atoms with van der Waals surface area (Å²) in [6.07, 6.45) is 0. The van der Waals surface area contributed by atoms with Crippen LogP contribution in [0.15, 0.2) is 6.07 Å². The molecule has 4 nitrogen and oxygen atoms in total. The van der Waals surface area contributed by atoms with Crippen LogP contribution in [0.25, 0.3) is 0 Å². The second-order valence-electron chi connectivity index (χ2n) is 4.91. The summed E-state index contributed by atoms with van der Waals surface area (Å²) in [5, 5.41) is 5.39. The zero-order chi connectivity index (χ0) is 13.4. The van der Waals surface area contributed by atoms with E-state index in [0.717, 1.165) is 5.56 Å². The molecule has 0 aliphatic carbocycles. The smallest absolute Gasteiger partial charge is 0.309 e. The second-order valence-corrected chi connectivity index (χ2v) is 4.91. The number of hydrogen-bond acceptors (Lipinski definition) is 2. The third-order valence-corrected chi connectivity index (χ3v) is 3.75. The minimum Gasteiger partial charge on any atom is -0.345 e. The molecule has 1 aromatic carbocycles. The maximum absolute atomic E-state index is 11.4. The largest absolute Gasteiger partial charge is 0.345 e. The van der Waals surface area contributed by atoms with Gasteiger partial charge in [0, 0.05) is 6.54 Å². The topological polar surface area (TPSA) is 58.2 Å². The normalized spacial score (nSPS) is 19.4. The Morgan fingerprint density at radius 1 is 1.00 bits per heavy atom. The summed E-state index contributed by atoms with van der Waals surface area (Å²) < 4.78 is 0. The number of carbonyl (C=O) groups excluding carboxylic acids is 2. The highest BCUT2D eigenvalue weighted by Crippen LogP contribution is 2.27. The van der Waals surface area contributed by atoms with E-state index in [-0.39, 0.29) is 6.04 Å². The van der Waals surface area contributed by atoms with Crippen LogP contribution in [0.3, 0.4) is 0 Å². The van der Waals surface area contributed by atoms with Crippen molar-refractivity contribution in [2.45, 2.75) is 33.7 Å². The van der Waals surface area contributed by atoms with Crippen molar-refractivity contribution >= 4 is 11.8 Å². The molecule has 2 N–H and O–H groups in total. The number of rotatable bonds is 1. The Morgan fingerprint density at radius 2 is 1.56 bits per heavy atom. The summed E-state index contributed by atoms with van der Waals surface area (Å²) >= 11 is 0. The highest BCUT2D eigenvalue weighted by Gasteiger charge is 2.28. The predicted octanol–water partition coefficient (Wildman–Crippen LogP) is 1.21. The van der Waals surface area contributed by atoms with Crippen LogP contribution in [0.1, 0.15) is 33.9 Å². The average molecular weight is 246 g/mol. The maximum Gasteiger partial charge on any atom is 0.309 e. The molecule has 1 aliphatic heterocycles. The standard InChI is InChI=1S/C14H18N2O2/c1-7-5-8(2)10(4)12(9(7)3)11-6-15-13(17)14(18)16-11/h5,11H,6H2,1-4H3,(H,15,17)(H,16,18).